The molecule has 0 N–H and O–H groups in total. The molecular formula is C13H20O3. The topological polar surface area (TPSA) is 39.4 Å². The number of carbonyl (C=O) groups excluding carboxylic acids is 1. The van der Waals surface area contributed by atoms with Crippen molar-refractivity contribution in [1.82, 2.24) is 0 Å². The van der Waals surface area contributed by atoms with Crippen molar-refractivity contribution in [3.05, 3.63) is 23.2 Å². The van der Waals surface area contributed by atoms with Gasteiger partial charge in [-0.05, 0) is 40.2 Å². The molecule has 0 atom stereocenters. The predicted molar refractivity (Wildman–Crippen MR) is 62.8 cm³/mol. The second-order valence-electron chi connectivity index (χ2n) is 4.71. The summed E-state index contributed by atoms with van der Waals surface area (Å²) in [7, 11) is 1.66. The van der Waals surface area contributed by atoms with Crippen LogP contribution in [0.1, 0.15) is 48.6 Å². The van der Waals surface area contributed by atoms with Crippen LogP contribution in [-0.4, -0.2) is 18.5 Å². The molecule has 0 saturated carbocycles. The van der Waals surface area contributed by atoms with E-state index in [2.05, 4.69) is 0 Å². The summed E-state index contributed by atoms with van der Waals surface area (Å²) in [6, 6.07) is 1.80. The van der Waals surface area contributed by atoms with E-state index in [1.165, 1.54) is 0 Å². The third-order valence-corrected chi connectivity index (χ3v) is 2.85. The van der Waals surface area contributed by atoms with Gasteiger partial charge in [0.05, 0.1) is 11.2 Å². The Morgan fingerprint density at radius 1 is 1.44 bits per heavy atom. The smallest absolute Gasteiger partial charge is 0.166 e. The first-order valence-electron chi connectivity index (χ1n) is 5.51. The Balaban J connectivity index is 2.63. The third-order valence-electron chi connectivity index (χ3n) is 2.85. The molecule has 0 aliphatic carbocycles. The van der Waals surface area contributed by atoms with E-state index in [1.807, 2.05) is 27.7 Å². The molecule has 3 heteroatoms. The van der Waals surface area contributed by atoms with Crippen LogP contribution in [0, 0.1) is 13.8 Å². The van der Waals surface area contributed by atoms with Crippen molar-refractivity contribution < 1.29 is 13.9 Å². The minimum Gasteiger partial charge on any atom is -0.466 e. The van der Waals surface area contributed by atoms with E-state index in [-0.39, 0.29) is 11.4 Å². The molecule has 0 unspecified atom stereocenters. The summed E-state index contributed by atoms with van der Waals surface area (Å²) in [4.78, 5) is 11.9. The lowest BCUT2D eigenvalue weighted by atomic mass is 9.98. The van der Waals surface area contributed by atoms with Gasteiger partial charge in [0, 0.05) is 13.5 Å². The van der Waals surface area contributed by atoms with Crippen molar-refractivity contribution in [2.45, 2.75) is 46.1 Å². The van der Waals surface area contributed by atoms with Gasteiger partial charge in [-0.1, -0.05) is 0 Å². The number of Topliss-reactive ketones (excluding diaryl/α,β-unsaturated/α-hetero) is 1. The van der Waals surface area contributed by atoms with Gasteiger partial charge < -0.3 is 9.15 Å². The minimum atomic E-state index is -0.248. The maximum absolute atomic E-state index is 11.9. The van der Waals surface area contributed by atoms with Crippen LogP contribution in [0.5, 0.6) is 0 Å². The number of aryl methyl sites for hydroxylation is 2. The van der Waals surface area contributed by atoms with Gasteiger partial charge in [0.15, 0.2) is 5.78 Å². The van der Waals surface area contributed by atoms with E-state index >= 15 is 0 Å². The zero-order chi connectivity index (χ0) is 12.3. The molecule has 0 fully saturated rings. The fraction of sp³-hybridized carbons (Fsp3) is 0.615. The third kappa shape index (κ3) is 3.20. The maximum Gasteiger partial charge on any atom is 0.166 e. The van der Waals surface area contributed by atoms with Crippen molar-refractivity contribution in [3.63, 3.8) is 0 Å². The van der Waals surface area contributed by atoms with Crippen molar-refractivity contribution in [1.29, 1.82) is 0 Å². The molecule has 1 aromatic heterocycles. The first-order chi connectivity index (χ1) is 7.35. The predicted octanol–water partition coefficient (Wildman–Crippen LogP) is 3.28. The second kappa shape index (κ2) is 4.83. The molecule has 0 saturated heterocycles. The van der Waals surface area contributed by atoms with Crippen LogP contribution in [0.15, 0.2) is 10.5 Å². The van der Waals surface area contributed by atoms with Crippen LogP contribution in [-0.2, 0) is 4.74 Å². The molecular weight excluding hydrogens is 204 g/mol. The lowest BCUT2D eigenvalue weighted by Gasteiger charge is -2.21. The lowest BCUT2D eigenvalue weighted by molar-refractivity contribution is 0.0141. The number of hydrogen-bond acceptors (Lipinski definition) is 3. The van der Waals surface area contributed by atoms with Crippen molar-refractivity contribution >= 4 is 5.78 Å². The Kier molecular flexibility index (Phi) is 3.92. The summed E-state index contributed by atoms with van der Waals surface area (Å²) in [6.45, 7) is 7.63. The van der Waals surface area contributed by atoms with Gasteiger partial charge in [-0.25, -0.2) is 0 Å². The summed E-state index contributed by atoms with van der Waals surface area (Å²) in [5.41, 5.74) is 0.451. The quantitative estimate of drug-likeness (QED) is 0.720. The number of rotatable bonds is 5. The standard InChI is InChI=1S/C13H20O3/c1-9-8-11(10(2)16-9)12(14)6-7-13(3,4)15-5/h8H,6-7H2,1-5H3. The molecule has 1 aromatic rings. The molecule has 0 aromatic carbocycles. The molecule has 0 spiro atoms. The fourth-order valence-electron chi connectivity index (χ4n) is 1.56. The maximum atomic E-state index is 11.9. The van der Waals surface area contributed by atoms with Gasteiger partial charge in [-0.3, -0.25) is 4.79 Å². The lowest BCUT2D eigenvalue weighted by Crippen LogP contribution is -2.23. The van der Waals surface area contributed by atoms with Crippen LogP contribution in [0.2, 0.25) is 0 Å². The molecule has 0 radical (unpaired) electrons. The monoisotopic (exact) mass is 224 g/mol. The number of methoxy groups -OCH3 is 1. The molecule has 1 heterocycles. The van der Waals surface area contributed by atoms with Crippen LogP contribution in [0.3, 0.4) is 0 Å². The molecule has 16 heavy (non-hydrogen) atoms. The first-order valence-corrected chi connectivity index (χ1v) is 5.51. The van der Waals surface area contributed by atoms with Crippen molar-refractivity contribution in [2.75, 3.05) is 7.11 Å². The Hall–Kier alpha value is -1.09. The van der Waals surface area contributed by atoms with Crippen molar-refractivity contribution in [3.8, 4) is 0 Å². The van der Waals surface area contributed by atoms with Gasteiger partial charge in [-0.15, -0.1) is 0 Å². The number of furan rings is 1. The number of carbonyl (C=O) groups is 1. The average molecular weight is 224 g/mol. The highest BCUT2D eigenvalue weighted by molar-refractivity contribution is 5.97. The van der Waals surface area contributed by atoms with E-state index in [4.69, 9.17) is 9.15 Å². The Morgan fingerprint density at radius 2 is 2.06 bits per heavy atom. The Morgan fingerprint density at radius 3 is 2.50 bits per heavy atom. The zero-order valence-electron chi connectivity index (χ0n) is 10.7. The van der Waals surface area contributed by atoms with Crippen LogP contribution < -0.4 is 0 Å². The SMILES string of the molecule is COC(C)(C)CCC(=O)c1cc(C)oc1C. The summed E-state index contributed by atoms with van der Waals surface area (Å²) < 4.78 is 10.6. The first kappa shape index (κ1) is 13.0. The number of ether oxygens (including phenoxy) is 1. The van der Waals surface area contributed by atoms with Crippen LogP contribution >= 0.6 is 0 Å². The summed E-state index contributed by atoms with van der Waals surface area (Å²) >= 11 is 0. The summed E-state index contributed by atoms with van der Waals surface area (Å²) in [5.74, 6) is 1.61. The number of ketones is 1. The summed E-state index contributed by atoms with van der Waals surface area (Å²) in [5, 5.41) is 0. The molecule has 0 aliphatic heterocycles. The second-order valence-corrected chi connectivity index (χ2v) is 4.71. The zero-order valence-corrected chi connectivity index (χ0v) is 10.7. The highest BCUT2D eigenvalue weighted by atomic mass is 16.5. The molecule has 3 nitrogen and oxygen atoms in total. The van der Waals surface area contributed by atoms with Crippen molar-refractivity contribution in [2.24, 2.45) is 0 Å². The molecule has 0 bridgehead atoms. The van der Waals surface area contributed by atoms with Gasteiger partial charge in [-0.2, -0.15) is 0 Å². The van der Waals surface area contributed by atoms with Crippen LogP contribution in [0.4, 0.5) is 0 Å². The molecule has 0 amide bonds. The number of hydrogen-bond donors (Lipinski definition) is 0. The average Bonchev–Trinajstić information content (AvgIpc) is 2.54. The van der Waals surface area contributed by atoms with Gasteiger partial charge in [0.1, 0.15) is 11.5 Å². The Bertz CT molecular complexity index is 375. The van der Waals surface area contributed by atoms with Gasteiger partial charge in [0.2, 0.25) is 0 Å². The molecule has 1 rings (SSSR count). The van der Waals surface area contributed by atoms with E-state index in [0.29, 0.717) is 24.2 Å². The van der Waals surface area contributed by atoms with E-state index in [9.17, 15) is 4.79 Å². The van der Waals surface area contributed by atoms with Gasteiger partial charge in [0.25, 0.3) is 0 Å². The van der Waals surface area contributed by atoms with E-state index in [0.717, 1.165) is 5.76 Å². The molecule has 0 aliphatic rings. The van der Waals surface area contributed by atoms with Gasteiger partial charge >= 0.3 is 0 Å². The normalized spacial score (nSPS) is 11.8. The Labute approximate surface area is 96.8 Å². The highest BCUT2D eigenvalue weighted by Gasteiger charge is 2.20. The fourth-order valence-corrected chi connectivity index (χ4v) is 1.56. The highest BCUT2D eigenvalue weighted by Crippen LogP contribution is 2.20. The molecule has 90 valence electrons. The van der Waals surface area contributed by atoms with E-state index < -0.39 is 0 Å². The largest absolute Gasteiger partial charge is 0.466 e. The minimum absolute atomic E-state index is 0.125. The summed E-state index contributed by atoms with van der Waals surface area (Å²) in [6.07, 6.45) is 1.20. The van der Waals surface area contributed by atoms with E-state index in [1.54, 1.807) is 13.2 Å². The van der Waals surface area contributed by atoms with Crippen LogP contribution in [0.25, 0.3) is 0 Å².